The molecule has 0 fully saturated rings. The summed E-state index contributed by atoms with van der Waals surface area (Å²) >= 11 is 0. The smallest absolute Gasteiger partial charge is 0.118 e. The zero-order valence-corrected chi connectivity index (χ0v) is 12.9. The van der Waals surface area contributed by atoms with Gasteiger partial charge in [0.05, 0.1) is 19.3 Å². The van der Waals surface area contributed by atoms with E-state index in [0.29, 0.717) is 0 Å². The molecular formula is C16H27NO3. The van der Waals surface area contributed by atoms with E-state index in [1.807, 2.05) is 45.0 Å². The minimum absolute atomic E-state index is 0.00226. The van der Waals surface area contributed by atoms with Gasteiger partial charge in [-0.05, 0) is 51.4 Å². The summed E-state index contributed by atoms with van der Waals surface area (Å²) in [6.45, 7) is 7.63. The Morgan fingerprint density at radius 3 is 2.35 bits per heavy atom. The first-order valence-corrected chi connectivity index (χ1v) is 7.21. The van der Waals surface area contributed by atoms with Crippen LogP contribution in [0.5, 0.6) is 5.75 Å². The molecule has 0 amide bonds. The third kappa shape index (κ3) is 5.90. The van der Waals surface area contributed by atoms with Crippen molar-refractivity contribution in [2.24, 2.45) is 0 Å². The molecule has 0 aromatic heterocycles. The average Bonchev–Trinajstić information content (AvgIpc) is 2.45. The lowest BCUT2D eigenvalue weighted by molar-refractivity contribution is 0.0746. The van der Waals surface area contributed by atoms with Crippen molar-refractivity contribution in [3.63, 3.8) is 0 Å². The number of aliphatic hydroxyl groups is 1. The van der Waals surface area contributed by atoms with Crippen LogP contribution in [-0.2, 0) is 4.74 Å². The second-order valence-electron chi connectivity index (χ2n) is 5.23. The predicted molar refractivity (Wildman–Crippen MR) is 81.1 cm³/mol. The molecule has 4 heteroatoms. The maximum absolute atomic E-state index is 10.3. The Labute approximate surface area is 122 Å². The largest absolute Gasteiger partial charge is 0.497 e. The van der Waals surface area contributed by atoms with Crippen LogP contribution in [0.3, 0.4) is 0 Å². The Balaban J connectivity index is 2.32. The number of nitrogens with one attached hydrogen (secondary N) is 1. The van der Waals surface area contributed by atoms with Crippen molar-refractivity contribution in [3.8, 4) is 5.75 Å². The second-order valence-corrected chi connectivity index (χ2v) is 5.23. The Morgan fingerprint density at radius 1 is 1.15 bits per heavy atom. The lowest BCUT2D eigenvalue weighted by Gasteiger charge is -2.21. The third-order valence-electron chi connectivity index (χ3n) is 3.17. The van der Waals surface area contributed by atoms with E-state index < -0.39 is 6.10 Å². The van der Waals surface area contributed by atoms with Gasteiger partial charge in [0.2, 0.25) is 0 Å². The molecule has 0 saturated heterocycles. The molecule has 2 N–H and O–H groups in total. The highest BCUT2D eigenvalue weighted by molar-refractivity contribution is 5.28. The van der Waals surface area contributed by atoms with Gasteiger partial charge in [-0.3, -0.25) is 0 Å². The van der Waals surface area contributed by atoms with Gasteiger partial charge >= 0.3 is 0 Å². The van der Waals surface area contributed by atoms with Gasteiger partial charge in [0.25, 0.3) is 0 Å². The van der Waals surface area contributed by atoms with Gasteiger partial charge in [-0.25, -0.2) is 0 Å². The van der Waals surface area contributed by atoms with E-state index in [2.05, 4.69) is 5.32 Å². The molecule has 0 spiro atoms. The molecule has 1 aromatic rings. The summed E-state index contributed by atoms with van der Waals surface area (Å²) in [6.07, 6.45) is 0.696. The second kappa shape index (κ2) is 8.95. The van der Waals surface area contributed by atoms with E-state index in [4.69, 9.17) is 9.47 Å². The summed E-state index contributed by atoms with van der Waals surface area (Å²) in [6, 6.07) is 7.51. The van der Waals surface area contributed by atoms with Crippen molar-refractivity contribution in [2.45, 2.75) is 45.4 Å². The van der Waals surface area contributed by atoms with Gasteiger partial charge < -0.3 is 19.9 Å². The number of hydrogen-bond donors (Lipinski definition) is 2. The van der Waals surface area contributed by atoms with Gasteiger partial charge in [0.1, 0.15) is 5.75 Å². The van der Waals surface area contributed by atoms with Crippen LogP contribution in [0.1, 0.15) is 38.9 Å². The van der Waals surface area contributed by atoms with Gasteiger partial charge in [0.15, 0.2) is 0 Å². The molecule has 0 bridgehead atoms. The molecule has 114 valence electrons. The van der Waals surface area contributed by atoms with Crippen LogP contribution in [0.15, 0.2) is 24.3 Å². The molecule has 2 atom stereocenters. The first-order chi connectivity index (χ1) is 9.54. The van der Waals surface area contributed by atoms with Crippen LogP contribution in [0.2, 0.25) is 0 Å². The summed E-state index contributed by atoms with van der Waals surface area (Å²) < 4.78 is 10.6. The van der Waals surface area contributed by atoms with Gasteiger partial charge in [-0.1, -0.05) is 12.1 Å². The summed E-state index contributed by atoms with van der Waals surface area (Å²) in [4.78, 5) is 0. The monoisotopic (exact) mass is 281 g/mol. The number of rotatable bonds is 9. The van der Waals surface area contributed by atoms with Crippen molar-refractivity contribution < 1.29 is 14.6 Å². The molecule has 1 aromatic carbocycles. The fraction of sp³-hybridized carbons (Fsp3) is 0.625. The van der Waals surface area contributed by atoms with Crippen molar-refractivity contribution in [1.82, 2.24) is 5.32 Å². The van der Waals surface area contributed by atoms with E-state index in [-0.39, 0.29) is 12.1 Å². The maximum Gasteiger partial charge on any atom is 0.118 e. The highest BCUT2D eigenvalue weighted by Crippen LogP contribution is 2.20. The molecule has 0 heterocycles. The number of hydrogen-bond acceptors (Lipinski definition) is 4. The van der Waals surface area contributed by atoms with Crippen LogP contribution in [0, 0.1) is 0 Å². The number of ether oxygens (including phenoxy) is 2. The standard InChI is InChI=1S/C16H27NO3/c1-12(2)20-11-5-10-17-13(3)16(18)14-6-8-15(19-4)9-7-14/h6-9,12-13,16-18H,5,10-11H2,1-4H3. The molecule has 0 aliphatic rings. The highest BCUT2D eigenvalue weighted by Gasteiger charge is 2.15. The van der Waals surface area contributed by atoms with Crippen LogP contribution >= 0.6 is 0 Å². The molecule has 20 heavy (non-hydrogen) atoms. The molecular weight excluding hydrogens is 254 g/mol. The molecule has 2 unspecified atom stereocenters. The summed E-state index contributed by atoms with van der Waals surface area (Å²) in [5.74, 6) is 0.799. The van der Waals surface area contributed by atoms with Gasteiger partial charge in [-0.15, -0.1) is 0 Å². The first kappa shape index (κ1) is 17.0. The Kier molecular flexibility index (Phi) is 7.59. The Hall–Kier alpha value is -1.10. The zero-order valence-electron chi connectivity index (χ0n) is 12.9. The molecule has 4 nitrogen and oxygen atoms in total. The lowest BCUT2D eigenvalue weighted by Crippen LogP contribution is -2.33. The van der Waals surface area contributed by atoms with E-state index in [9.17, 15) is 5.11 Å². The minimum Gasteiger partial charge on any atom is -0.497 e. The number of methoxy groups -OCH3 is 1. The van der Waals surface area contributed by atoms with E-state index in [0.717, 1.165) is 30.9 Å². The minimum atomic E-state index is -0.521. The normalized spacial score (nSPS) is 14.3. The average molecular weight is 281 g/mol. The van der Waals surface area contributed by atoms with Crippen LogP contribution in [-0.4, -0.2) is 37.5 Å². The van der Waals surface area contributed by atoms with E-state index in [1.165, 1.54) is 0 Å². The number of benzene rings is 1. The maximum atomic E-state index is 10.3. The van der Waals surface area contributed by atoms with Gasteiger partial charge in [-0.2, -0.15) is 0 Å². The summed E-state index contributed by atoms with van der Waals surface area (Å²) in [5, 5.41) is 13.6. The summed E-state index contributed by atoms with van der Waals surface area (Å²) in [7, 11) is 1.63. The quantitative estimate of drug-likeness (QED) is 0.683. The zero-order chi connectivity index (χ0) is 15.0. The molecule has 0 saturated carbocycles. The third-order valence-corrected chi connectivity index (χ3v) is 3.17. The lowest BCUT2D eigenvalue weighted by atomic mass is 10.0. The molecule has 0 aliphatic carbocycles. The fourth-order valence-corrected chi connectivity index (χ4v) is 1.92. The predicted octanol–water partition coefficient (Wildman–Crippen LogP) is 2.52. The number of aliphatic hydroxyl groups excluding tert-OH is 1. The van der Waals surface area contributed by atoms with E-state index >= 15 is 0 Å². The first-order valence-electron chi connectivity index (χ1n) is 7.21. The molecule has 1 rings (SSSR count). The summed E-state index contributed by atoms with van der Waals surface area (Å²) in [5.41, 5.74) is 0.893. The van der Waals surface area contributed by atoms with Crippen LogP contribution < -0.4 is 10.1 Å². The molecule has 0 aliphatic heterocycles. The Morgan fingerprint density at radius 2 is 1.80 bits per heavy atom. The van der Waals surface area contributed by atoms with Crippen LogP contribution in [0.4, 0.5) is 0 Å². The van der Waals surface area contributed by atoms with Crippen LogP contribution in [0.25, 0.3) is 0 Å². The van der Waals surface area contributed by atoms with Crippen molar-refractivity contribution >= 4 is 0 Å². The van der Waals surface area contributed by atoms with Crippen molar-refractivity contribution in [2.75, 3.05) is 20.3 Å². The Bertz CT molecular complexity index is 364. The fourth-order valence-electron chi connectivity index (χ4n) is 1.92. The SMILES string of the molecule is COc1ccc(C(O)C(C)NCCCOC(C)C)cc1. The van der Waals surface area contributed by atoms with Crippen molar-refractivity contribution in [1.29, 1.82) is 0 Å². The topological polar surface area (TPSA) is 50.7 Å². The van der Waals surface area contributed by atoms with E-state index in [1.54, 1.807) is 7.11 Å². The van der Waals surface area contributed by atoms with Crippen molar-refractivity contribution in [3.05, 3.63) is 29.8 Å². The molecule has 0 radical (unpaired) electrons. The van der Waals surface area contributed by atoms with Gasteiger partial charge in [0, 0.05) is 12.6 Å². The highest BCUT2D eigenvalue weighted by atomic mass is 16.5.